The number of rotatable bonds is 6. The molecule has 0 saturated heterocycles. The van der Waals surface area contributed by atoms with Gasteiger partial charge in [-0.05, 0) is 104 Å². The molecule has 0 aliphatic carbocycles. The predicted octanol–water partition coefficient (Wildman–Crippen LogP) is 13.1. The highest BCUT2D eigenvalue weighted by Gasteiger charge is 2.08. The van der Waals surface area contributed by atoms with Crippen molar-refractivity contribution in [3.63, 3.8) is 0 Å². The largest absolute Gasteiger partial charge is 0.398 e. The van der Waals surface area contributed by atoms with Crippen molar-refractivity contribution in [3.05, 3.63) is 155 Å². The molecule has 0 bridgehead atoms. The number of hydrogen-bond acceptors (Lipinski definition) is 5. The van der Waals surface area contributed by atoms with Gasteiger partial charge in [-0.25, -0.2) is 4.39 Å². The smallest absolute Gasteiger partial charge is 0.125 e. The standard InChI is InChI=1S/C15H17N.C13H15NS.C9H12FN.C9H13N/c1-11(2)14-9-8-13(10-15(14)16)12-6-4-3-5-7-12;1-9(2)11-6-5-10(8-12(11)14)13-4-3-7-15-13;1-6(2)8-4-3-7(10)5-9(8)11;1-7(2)8-5-3-4-6-9(8)10/h3-11H,16H2,1-2H3;3-9H,14H2,1-2H3;3-6H,11H2,1-2H3;3-7H,10H2,1-2H3. The van der Waals surface area contributed by atoms with E-state index in [4.69, 9.17) is 22.9 Å². The predicted molar refractivity (Wildman–Crippen MR) is 228 cm³/mol. The van der Waals surface area contributed by atoms with Crippen LogP contribution in [0.4, 0.5) is 27.1 Å². The van der Waals surface area contributed by atoms with Crippen molar-refractivity contribution < 1.29 is 4.39 Å². The first-order valence-corrected chi connectivity index (χ1v) is 18.8. The van der Waals surface area contributed by atoms with Gasteiger partial charge in [-0.3, -0.25) is 0 Å². The highest BCUT2D eigenvalue weighted by atomic mass is 32.1. The fraction of sp³-hybridized carbons (Fsp3) is 0.261. The molecule has 0 aliphatic rings. The topological polar surface area (TPSA) is 104 Å². The van der Waals surface area contributed by atoms with Crippen LogP contribution in [0.5, 0.6) is 0 Å². The first kappa shape index (κ1) is 41.4. The first-order valence-electron chi connectivity index (χ1n) is 18.0. The average molecular weight is 717 g/mol. The van der Waals surface area contributed by atoms with Crippen LogP contribution in [-0.4, -0.2) is 0 Å². The van der Waals surface area contributed by atoms with Gasteiger partial charge in [0.2, 0.25) is 0 Å². The fourth-order valence-electron chi connectivity index (χ4n) is 5.72. The second-order valence-electron chi connectivity index (χ2n) is 14.1. The van der Waals surface area contributed by atoms with Gasteiger partial charge in [-0.15, -0.1) is 11.3 Å². The zero-order valence-corrected chi connectivity index (χ0v) is 32.8. The van der Waals surface area contributed by atoms with Crippen LogP contribution in [0.25, 0.3) is 21.6 Å². The van der Waals surface area contributed by atoms with E-state index in [2.05, 4.69) is 114 Å². The van der Waals surface area contributed by atoms with Gasteiger partial charge in [0, 0.05) is 27.6 Å². The Bertz CT molecular complexity index is 1950. The van der Waals surface area contributed by atoms with Crippen molar-refractivity contribution in [3.8, 4) is 21.6 Å². The maximum atomic E-state index is 12.5. The molecule has 6 heteroatoms. The Labute approximate surface area is 315 Å². The highest BCUT2D eigenvalue weighted by molar-refractivity contribution is 7.13. The molecule has 8 N–H and O–H groups in total. The van der Waals surface area contributed by atoms with Gasteiger partial charge in [0.15, 0.2) is 0 Å². The molecule has 0 atom stereocenters. The zero-order chi connectivity index (χ0) is 38.4. The van der Waals surface area contributed by atoms with E-state index in [1.807, 2.05) is 50.2 Å². The zero-order valence-electron chi connectivity index (χ0n) is 32.0. The monoisotopic (exact) mass is 716 g/mol. The maximum Gasteiger partial charge on any atom is 0.125 e. The Morgan fingerprint density at radius 3 is 1.29 bits per heavy atom. The molecule has 0 saturated carbocycles. The minimum atomic E-state index is -0.271. The Morgan fingerprint density at radius 2 is 0.846 bits per heavy atom. The molecule has 0 aliphatic heterocycles. The molecule has 52 heavy (non-hydrogen) atoms. The molecular formula is C46H57FN4S. The van der Waals surface area contributed by atoms with Crippen LogP contribution in [0.1, 0.15) is 101 Å². The lowest BCUT2D eigenvalue weighted by molar-refractivity contribution is 0.627. The van der Waals surface area contributed by atoms with E-state index in [1.54, 1.807) is 17.4 Å². The van der Waals surface area contributed by atoms with E-state index in [0.29, 0.717) is 29.4 Å². The molecule has 1 aromatic heterocycles. The van der Waals surface area contributed by atoms with Crippen LogP contribution in [0.15, 0.2) is 127 Å². The molecule has 0 unspecified atom stereocenters. The van der Waals surface area contributed by atoms with E-state index < -0.39 is 0 Å². The molecule has 0 radical (unpaired) electrons. The van der Waals surface area contributed by atoms with Gasteiger partial charge in [-0.2, -0.15) is 0 Å². The van der Waals surface area contributed by atoms with Crippen molar-refractivity contribution >= 4 is 34.1 Å². The van der Waals surface area contributed by atoms with Crippen molar-refractivity contribution in [2.75, 3.05) is 22.9 Å². The third kappa shape index (κ3) is 12.3. The molecule has 1 heterocycles. The molecule has 0 fully saturated rings. The van der Waals surface area contributed by atoms with Crippen LogP contribution < -0.4 is 22.9 Å². The van der Waals surface area contributed by atoms with Gasteiger partial charge >= 0.3 is 0 Å². The average Bonchev–Trinajstić information content (AvgIpc) is 3.65. The molecule has 5 aromatic carbocycles. The van der Waals surface area contributed by atoms with Crippen LogP contribution in [-0.2, 0) is 0 Å². The molecule has 0 spiro atoms. The number of nitrogens with two attached hydrogens (primary N) is 4. The van der Waals surface area contributed by atoms with E-state index in [-0.39, 0.29) is 5.82 Å². The normalized spacial score (nSPS) is 10.6. The molecule has 6 rings (SSSR count). The second kappa shape index (κ2) is 20.1. The minimum Gasteiger partial charge on any atom is -0.398 e. The van der Waals surface area contributed by atoms with E-state index in [9.17, 15) is 4.39 Å². The molecule has 6 aromatic rings. The van der Waals surface area contributed by atoms with E-state index in [0.717, 1.165) is 22.6 Å². The summed E-state index contributed by atoms with van der Waals surface area (Å²) in [6.45, 7) is 17.0. The van der Waals surface area contributed by atoms with Crippen molar-refractivity contribution in [1.29, 1.82) is 0 Å². The first-order chi connectivity index (χ1) is 24.7. The van der Waals surface area contributed by atoms with Gasteiger partial charge in [0.25, 0.3) is 0 Å². The van der Waals surface area contributed by atoms with Gasteiger partial charge in [0.1, 0.15) is 5.82 Å². The summed E-state index contributed by atoms with van der Waals surface area (Å²) >= 11 is 1.74. The molecule has 0 amide bonds. The SMILES string of the molecule is CC(C)c1ccc(-c2ccccc2)cc1N.CC(C)c1ccc(-c2cccs2)cc1N.CC(C)c1ccc(F)cc1N.CC(C)c1ccccc1N. The Balaban J connectivity index is 0.000000190. The summed E-state index contributed by atoms with van der Waals surface area (Å²) in [5, 5.41) is 2.09. The Morgan fingerprint density at radius 1 is 0.404 bits per heavy atom. The van der Waals surface area contributed by atoms with Crippen LogP contribution in [0.2, 0.25) is 0 Å². The van der Waals surface area contributed by atoms with Crippen molar-refractivity contribution in [2.24, 2.45) is 0 Å². The summed E-state index contributed by atoms with van der Waals surface area (Å²) in [5.74, 6) is 1.58. The Kier molecular flexibility index (Phi) is 16.0. The van der Waals surface area contributed by atoms with Crippen LogP contribution in [0, 0.1) is 5.82 Å². The van der Waals surface area contributed by atoms with Gasteiger partial charge < -0.3 is 22.9 Å². The summed E-state index contributed by atoms with van der Waals surface area (Å²) in [5.41, 5.74) is 34.9. The summed E-state index contributed by atoms with van der Waals surface area (Å²) < 4.78 is 12.5. The van der Waals surface area contributed by atoms with E-state index in [1.165, 1.54) is 50.4 Å². The van der Waals surface area contributed by atoms with Gasteiger partial charge in [0.05, 0.1) is 0 Å². The number of benzene rings is 5. The van der Waals surface area contributed by atoms with Crippen LogP contribution in [0.3, 0.4) is 0 Å². The van der Waals surface area contributed by atoms with Gasteiger partial charge in [-0.1, -0.05) is 140 Å². The fourth-order valence-corrected chi connectivity index (χ4v) is 6.44. The van der Waals surface area contributed by atoms with Crippen molar-refractivity contribution in [1.82, 2.24) is 0 Å². The number of hydrogen-bond donors (Lipinski definition) is 4. The number of para-hydroxylation sites is 1. The van der Waals surface area contributed by atoms with Crippen molar-refractivity contribution in [2.45, 2.75) is 79.1 Å². The molecule has 274 valence electrons. The quantitative estimate of drug-likeness (QED) is 0.129. The summed E-state index contributed by atoms with van der Waals surface area (Å²) in [7, 11) is 0. The number of thiophene rings is 1. The number of nitrogen functional groups attached to an aromatic ring is 4. The third-order valence-electron chi connectivity index (χ3n) is 8.62. The molecular weight excluding hydrogens is 660 g/mol. The van der Waals surface area contributed by atoms with Crippen LogP contribution >= 0.6 is 11.3 Å². The number of anilines is 4. The highest BCUT2D eigenvalue weighted by Crippen LogP contribution is 2.31. The lowest BCUT2D eigenvalue weighted by Gasteiger charge is -2.11. The number of halogens is 1. The third-order valence-corrected chi connectivity index (χ3v) is 9.54. The van der Waals surface area contributed by atoms with E-state index >= 15 is 0 Å². The molecule has 4 nitrogen and oxygen atoms in total. The Hall–Kier alpha value is -5.07. The summed E-state index contributed by atoms with van der Waals surface area (Å²) in [4.78, 5) is 1.28. The summed E-state index contributed by atoms with van der Waals surface area (Å²) in [6.07, 6.45) is 0. The minimum absolute atomic E-state index is 0.271. The lowest BCUT2D eigenvalue weighted by atomic mass is 9.97. The lowest BCUT2D eigenvalue weighted by Crippen LogP contribution is -1.96. The summed E-state index contributed by atoms with van der Waals surface area (Å²) in [6, 6.07) is 39.7. The second-order valence-corrected chi connectivity index (χ2v) is 15.0. The maximum absolute atomic E-state index is 12.5.